The summed E-state index contributed by atoms with van der Waals surface area (Å²) < 4.78 is 11.2. The van der Waals surface area contributed by atoms with Crippen molar-refractivity contribution in [1.29, 1.82) is 0 Å². The second kappa shape index (κ2) is 7.51. The van der Waals surface area contributed by atoms with Crippen LogP contribution < -0.4 is 9.47 Å². The van der Waals surface area contributed by atoms with Gasteiger partial charge in [-0.2, -0.15) is 0 Å². The Bertz CT molecular complexity index is 743. The molecule has 25 heavy (non-hydrogen) atoms. The molecule has 0 bridgehead atoms. The smallest absolute Gasteiger partial charge is 0.317 e. The predicted octanol–water partition coefficient (Wildman–Crippen LogP) is 2.79. The number of likely N-dealkylation sites (tertiary alicyclic amines) is 1. The van der Waals surface area contributed by atoms with Crippen LogP contribution in [-0.4, -0.2) is 47.1 Å². The molecule has 1 aromatic carbocycles. The Kier molecular flexibility index (Phi) is 5.16. The maximum atomic E-state index is 12.8. The first-order chi connectivity index (χ1) is 12.1. The number of piperidine rings is 1. The zero-order valence-electron chi connectivity index (χ0n) is 14.9. The van der Waals surface area contributed by atoms with Crippen LogP contribution in [0, 0.1) is 13.8 Å². The van der Waals surface area contributed by atoms with Crippen molar-refractivity contribution in [3.63, 3.8) is 0 Å². The van der Waals surface area contributed by atoms with E-state index in [2.05, 4.69) is 9.97 Å². The van der Waals surface area contributed by atoms with E-state index in [0.29, 0.717) is 30.4 Å². The van der Waals surface area contributed by atoms with Gasteiger partial charge in [-0.3, -0.25) is 4.79 Å². The van der Waals surface area contributed by atoms with Gasteiger partial charge in [-0.25, -0.2) is 9.97 Å². The molecule has 6 heteroatoms. The first-order valence-electron chi connectivity index (χ1n) is 8.48. The number of carbonyl (C=O) groups excluding carboxylic acids is 1. The normalized spacial score (nSPS) is 17.2. The molecule has 1 aromatic heterocycles. The highest BCUT2D eigenvalue weighted by atomic mass is 16.5. The Morgan fingerprint density at radius 2 is 1.92 bits per heavy atom. The third-order valence-corrected chi connectivity index (χ3v) is 4.24. The summed E-state index contributed by atoms with van der Waals surface area (Å²) in [6, 6.07) is 9.58. The fourth-order valence-electron chi connectivity index (χ4n) is 3.11. The molecule has 3 rings (SSSR count). The van der Waals surface area contributed by atoms with Gasteiger partial charge in [0, 0.05) is 17.9 Å². The number of amides is 1. The highest BCUT2D eigenvalue weighted by molar-refractivity contribution is 5.97. The summed E-state index contributed by atoms with van der Waals surface area (Å²) in [4.78, 5) is 23.3. The van der Waals surface area contributed by atoms with Crippen LogP contribution in [0.5, 0.6) is 11.8 Å². The van der Waals surface area contributed by atoms with Crippen LogP contribution >= 0.6 is 0 Å². The number of ether oxygens (including phenoxy) is 2. The summed E-state index contributed by atoms with van der Waals surface area (Å²) in [6.07, 6.45) is 1.66. The van der Waals surface area contributed by atoms with E-state index in [-0.39, 0.29) is 12.0 Å². The third-order valence-electron chi connectivity index (χ3n) is 4.24. The number of hydrogen-bond donors (Lipinski definition) is 0. The van der Waals surface area contributed by atoms with Gasteiger partial charge >= 0.3 is 6.01 Å². The van der Waals surface area contributed by atoms with Crippen LogP contribution in [0.2, 0.25) is 0 Å². The van der Waals surface area contributed by atoms with Crippen molar-refractivity contribution in [2.45, 2.75) is 32.8 Å². The number of rotatable bonds is 4. The van der Waals surface area contributed by atoms with Gasteiger partial charge in [0.25, 0.3) is 5.91 Å². The Morgan fingerprint density at radius 1 is 1.20 bits per heavy atom. The topological polar surface area (TPSA) is 64.5 Å². The number of nitrogens with zero attached hydrogens (tertiary/aromatic N) is 3. The minimum atomic E-state index is -0.103. The molecule has 0 N–H and O–H groups in total. The SMILES string of the molecule is COc1ccccc1C(=O)N1CCC[C@H](Oc2nc(C)cc(C)n2)C1. The van der Waals surface area contributed by atoms with Crippen molar-refractivity contribution in [2.24, 2.45) is 0 Å². The number of carbonyl (C=O) groups is 1. The molecule has 132 valence electrons. The van der Waals surface area contributed by atoms with Gasteiger partial charge in [-0.05, 0) is 44.9 Å². The molecular formula is C19H23N3O3. The Balaban J connectivity index is 1.71. The zero-order valence-corrected chi connectivity index (χ0v) is 14.9. The lowest BCUT2D eigenvalue weighted by Gasteiger charge is -2.32. The van der Waals surface area contributed by atoms with Gasteiger partial charge in [0.05, 0.1) is 19.2 Å². The molecule has 1 atom stereocenters. The second-order valence-corrected chi connectivity index (χ2v) is 6.27. The average molecular weight is 341 g/mol. The minimum Gasteiger partial charge on any atom is -0.496 e. The molecule has 0 radical (unpaired) electrons. The lowest BCUT2D eigenvalue weighted by Crippen LogP contribution is -2.44. The van der Waals surface area contributed by atoms with Crippen LogP contribution in [0.25, 0.3) is 0 Å². The Hall–Kier alpha value is -2.63. The van der Waals surface area contributed by atoms with Gasteiger partial charge < -0.3 is 14.4 Å². The largest absolute Gasteiger partial charge is 0.496 e. The number of benzene rings is 1. The molecule has 0 unspecified atom stereocenters. The van der Waals surface area contributed by atoms with Crippen molar-refractivity contribution >= 4 is 5.91 Å². The van der Waals surface area contributed by atoms with E-state index in [1.165, 1.54) is 0 Å². The fraction of sp³-hybridized carbons (Fsp3) is 0.421. The van der Waals surface area contributed by atoms with Crippen LogP contribution in [0.3, 0.4) is 0 Å². The van der Waals surface area contributed by atoms with Gasteiger partial charge in [0.1, 0.15) is 11.9 Å². The highest BCUT2D eigenvalue weighted by Crippen LogP contribution is 2.23. The predicted molar refractivity (Wildman–Crippen MR) is 94.1 cm³/mol. The van der Waals surface area contributed by atoms with Gasteiger partial charge in [-0.15, -0.1) is 0 Å². The number of aryl methyl sites for hydroxylation is 2. The van der Waals surface area contributed by atoms with E-state index < -0.39 is 0 Å². The van der Waals surface area contributed by atoms with E-state index in [1.54, 1.807) is 19.2 Å². The standard InChI is InChI=1S/C19H23N3O3/c1-13-11-14(2)21-19(20-13)25-15-7-6-10-22(12-15)18(23)16-8-4-5-9-17(16)24-3/h4-5,8-9,11,15H,6-7,10,12H2,1-3H3/t15-/m0/s1. The maximum Gasteiger partial charge on any atom is 0.317 e. The molecule has 2 heterocycles. The average Bonchev–Trinajstić information content (AvgIpc) is 2.60. The summed E-state index contributed by atoms with van der Waals surface area (Å²) in [6.45, 7) is 5.07. The zero-order chi connectivity index (χ0) is 17.8. The number of methoxy groups -OCH3 is 1. The summed E-state index contributed by atoms with van der Waals surface area (Å²) in [5, 5.41) is 0. The maximum absolute atomic E-state index is 12.8. The molecule has 0 spiro atoms. The molecule has 2 aromatic rings. The second-order valence-electron chi connectivity index (χ2n) is 6.27. The van der Waals surface area contributed by atoms with E-state index >= 15 is 0 Å². The lowest BCUT2D eigenvalue weighted by molar-refractivity contribution is 0.0512. The van der Waals surface area contributed by atoms with Crippen molar-refractivity contribution in [1.82, 2.24) is 14.9 Å². The first kappa shape index (κ1) is 17.2. The first-order valence-corrected chi connectivity index (χ1v) is 8.48. The molecule has 0 aliphatic carbocycles. The van der Waals surface area contributed by atoms with E-state index in [0.717, 1.165) is 24.2 Å². The summed E-state index contributed by atoms with van der Waals surface area (Å²) in [5.41, 5.74) is 2.33. The highest BCUT2D eigenvalue weighted by Gasteiger charge is 2.27. The summed E-state index contributed by atoms with van der Waals surface area (Å²) in [5.74, 6) is 0.556. The molecule has 1 aliphatic rings. The Morgan fingerprint density at radius 3 is 2.64 bits per heavy atom. The third kappa shape index (κ3) is 4.07. The van der Waals surface area contributed by atoms with Gasteiger partial charge in [-0.1, -0.05) is 12.1 Å². The van der Waals surface area contributed by atoms with E-state index in [9.17, 15) is 4.79 Å². The molecule has 1 aliphatic heterocycles. The fourth-order valence-corrected chi connectivity index (χ4v) is 3.11. The minimum absolute atomic E-state index is 0.0351. The monoisotopic (exact) mass is 341 g/mol. The van der Waals surface area contributed by atoms with Crippen molar-refractivity contribution in [3.8, 4) is 11.8 Å². The van der Waals surface area contributed by atoms with E-state index in [4.69, 9.17) is 9.47 Å². The van der Waals surface area contributed by atoms with Crippen molar-refractivity contribution < 1.29 is 14.3 Å². The van der Waals surface area contributed by atoms with E-state index in [1.807, 2.05) is 36.9 Å². The van der Waals surface area contributed by atoms with Crippen LogP contribution in [0.4, 0.5) is 0 Å². The molecule has 1 amide bonds. The van der Waals surface area contributed by atoms with Crippen LogP contribution in [0.15, 0.2) is 30.3 Å². The molecule has 1 fully saturated rings. The molecule has 0 saturated carbocycles. The number of hydrogen-bond acceptors (Lipinski definition) is 5. The summed E-state index contributed by atoms with van der Waals surface area (Å²) >= 11 is 0. The van der Waals surface area contributed by atoms with Gasteiger partial charge in [0.15, 0.2) is 0 Å². The Labute approximate surface area is 147 Å². The van der Waals surface area contributed by atoms with Crippen LogP contribution in [0.1, 0.15) is 34.6 Å². The number of aromatic nitrogens is 2. The molecular weight excluding hydrogens is 318 g/mol. The molecule has 1 saturated heterocycles. The van der Waals surface area contributed by atoms with Gasteiger partial charge in [0.2, 0.25) is 0 Å². The van der Waals surface area contributed by atoms with Crippen molar-refractivity contribution in [2.75, 3.05) is 20.2 Å². The number of para-hydroxylation sites is 1. The lowest BCUT2D eigenvalue weighted by atomic mass is 10.1. The van der Waals surface area contributed by atoms with Crippen LogP contribution in [-0.2, 0) is 0 Å². The summed E-state index contributed by atoms with van der Waals surface area (Å²) in [7, 11) is 1.58. The van der Waals surface area contributed by atoms with Crippen molar-refractivity contribution in [3.05, 3.63) is 47.3 Å². The molecule has 6 nitrogen and oxygen atoms in total. The quantitative estimate of drug-likeness (QED) is 0.855.